The van der Waals surface area contributed by atoms with Crippen LogP contribution in [0.15, 0.2) is 18.2 Å². The molecule has 0 spiro atoms. The standard InChI is InChI=1S/C14H21NO4/c1-9(2)18-8-14(3,4)19-12-7-10(15)5-6-11(12)13(16)17/h5-7,9H,8,15H2,1-4H3,(H,16,17). The molecule has 0 heterocycles. The van der Waals surface area contributed by atoms with E-state index in [-0.39, 0.29) is 17.4 Å². The Balaban J connectivity index is 2.91. The zero-order chi connectivity index (χ0) is 14.6. The molecule has 0 amide bonds. The molecule has 0 aliphatic carbocycles. The van der Waals surface area contributed by atoms with Gasteiger partial charge in [0.15, 0.2) is 0 Å². The number of ether oxygens (including phenoxy) is 2. The summed E-state index contributed by atoms with van der Waals surface area (Å²) in [4.78, 5) is 11.1. The number of carbonyl (C=O) groups is 1. The van der Waals surface area contributed by atoms with Crippen LogP contribution in [0.1, 0.15) is 38.1 Å². The average molecular weight is 267 g/mol. The van der Waals surface area contributed by atoms with E-state index in [2.05, 4.69) is 0 Å². The molecule has 0 saturated heterocycles. The maximum Gasteiger partial charge on any atom is 0.339 e. The summed E-state index contributed by atoms with van der Waals surface area (Å²) in [7, 11) is 0. The van der Waals surface area contributed by atoms with Gasteiger partial charge in [0.05, 0.1) is 12.7 Å². The van der Waals surface area contributed by atoms with Crippen molar-refractivity contribution in [1.82, 2.24) is 0 Å². The summed E-state index contributed by atoms with van der Waals surface area (Å²) >= 11 is 0. The van der Waals surface area contributed by atoms with Gasteiger partial charge in [-0.05, 0) is 39.8 Å². The number of rotatable bonds is 6. The molecule has 1 aromatic carbocycles. The number of hydrogen-bond donors (Lipinski definition) is 2. The van der Waals surface area contributed by atoms with Crippen LogP contribution in [0.5, 0.6) is 5.75 Å². The highest BCUT2D eigenvalue weighted by Gasteiger charge is 2.24. The summed E-state index contributed by atoms with van der Waals surface area (Å²) in [5.74, 6) is -0.791. The van der Waals surface area contributed by atoms with Gasteiger partial charge in [0.2, 0.25) is 0 Å². The maximum absolute atomic E-state index is 11.1. The number of aromatic carboxylic acids is 1. The van der Waals surface area contributed by atoms with E-state index in [1.54, 1.807) is 0 Å². The predicted octanol–water partition coefficient (Wildman–Crippen LogP) is 2.55. The summed E-state index contributed by atoms with van der Waals surface area (Å²) in [6, 6.07) is 4.49. The lowest BCUT2D eigenvalue weighted by Crippen LogP contribution is -2.35. The highest BCUT2D eigenvalue weighted by atomic mass is 16.5. The second kappa shape index (κ2) is 5.93. The Morgan fingerprint density at radius 1 is 1.42 bits per heavy atom. The van der Waals surface area contributed by atoms with Gasteiger partial charge in [-0.2, -0.15) is 0 Å². The molecule has 0 atom stereocenters. The van der Waals surface area contributed by atoms with Crippen LogP contribution in [0.3, 0.4) is 0 Å². The second-order valence-corrected chi connectivity index (χ2v) is 5.28. The van der Waals surface area contributed by atoms with Crippen molar-refractivity contribution in [3.05, 3.63) is 23.8 Å². The van der Waals surface area contributed by atoms with Gasteiger partial charge in [0.1, 0.15) is 16.9 Å². The first-order chi connectivity index (χ1) is 8.71. The molecule has 5 nitrogen and oxygen atoms in total. The molecule has 0 fully saturated rings. The van der Waals surface area contributed by atoms with Crippen LogP contribution in [-0.2, 0) is 4.74 Å². The van der Waals surface area contributed by atoms with Gasteiger partial charge in [0, 0.05) is 11.8 Å². The van der Waals surface area contributed by atoms with Crippen LogP contribution in [0.4, 0.5) is 5.69 Å². The number of carboxylic acid groups (broad SMARTS) is 1. The maximum atomic E-state index is 11.1. The molecule has 5 heteroatoms. The molecule has 0 saturated carbocycles. The minimum Gasteiger partial charge on any atom is -0.484 e. The summed E-state index contributed by atoms with van der Waals surface area (Å²) < 4.78 is 11.2. The first-order valence-electron chi connectivity index (χ1n) is 6.15. The molecule has 0 bridgehead atoms. The van der Waals surface area contributed by atoms with Crippen LogP contribution in [0.2, 0.25) is 0 Å². The Morgan fingerprint density at radius 3 is 2.58 bits per heavy atom. The molecule has 106 valence electrons. The average Bonchev–Trinajstić information content (AvgIpc) is 2.25. The molecule has 1 rings (SSSR count). The van der Waals surface area contributed by atoms with E-state index in [1.165, 1.54) is 18.2 Å². The van der Waals surface area contributed by atoms with Crippen molar-refractivity contribution in [1.29, 1.82) is 0 Å². The van der Waals surface area contributed by atoms with Crippen molar-refractivity contribution in [2.75, 3.05) is 12.3 Å². The summed E-state index contributed by atoms with van der Waals surface area (Å²) in [5, 5.41) is 9.12. The number of nitrogens with two attached hydrogens (primary N) is 1. The molecule has 0 aliphatic heterocycles. The van der Waals surface area contributed by atoms with Crippen LogP contribution < -0.4 is 10.5 Å². The predicted molar refractivity (Wildman–Crippen MR) is 73.6 cm³/mol. The van der Waals surface area contributed by atoms with Gasteiger partial charge in [-0.25, -0.2) is 4.79 Å². The Kier molecular flexibility index (Phi) is 4.78. The lowest BCUT2D eigenvalue weighted by molar-refractivity contribution is -0.0280. The zero-order valence-corrected chi connectivity index (χ0v) is 11.8. The number of carboxylic acids is 1. The van der Waals surface area contributed by atoms with Gasteiger partial charge in [0.25, 0.3) is 0 Å². The molecular weight excluding hydrogens is 246 g/mol. The SMILES string of the molecule is CC(C)OCC(C)(C)Oc1cc(N)ccc1C(=O)O. The van der Waals surface area contributed by atoms with Crippen molar-refractivity contribution in [2.24, 2.45) is 0 Å². The number of anilines is 1. The molecular formula is C14H21NO4. The first-order valence-corrected chi connectivity index (χ1v) is 6.15. The number of nitrogen functional groups attached to an aromatic ring is 1. The Hall–Kier alpha value is -1.75. The third-order valence-corrected chi connectivity index (χ3v) is 2.39. The molecule has 19 heavy (non-hydrogen) atoms. The summed E-state index contributed by atoms with van der Waals surface area (Å²) in [6.07, 6.45) is 0.0858. The zero-order valence-electron chi connectivity index (χ0n) is 11.8. The van der Waals surface area contributed by atoms with Crippen LogP contribution in [0, 0.1) is 0 Å². The van der Waals surface area contributed by atoms with E-state index < -0.39 is 11.6 Å². The third-order valence-electron chi connectivity index (χ3n) is 2.39. The monoisotopic (exact) mass is 267 g/mol. The van der Waals surface area contributed by atoms with E-state index >= 15 is 0 Å². The van der Waals surface area contributed by atoms with Crippen LogP contribution in [-0.4, -0.2) is 29.4 Å². The minimum absolute atomic E-state index is 0.0858. The lowest BCUT2D eigenvalue weighted by atomic mass is 10.1. The second-order valence-electron chi connectivity index (χ2n) is 5.28. The summed E-state index contributed by atoms with van der Waals surface area (Å²) in [6.45, 7) is 7.89. The Labute approximate surface area is 113 Å². The number of hydrogen-bond acceptors (Lipinski definition) is 4. The first kappa shape index (κ1) is 15.3. The quantitative estimate of drug-likeness (QED) is 0.774. The molecule has 0 unspecified atom stereocenters. The fourth-order valence-corrected chi connectivity index (χ4v) is 1.49. The summed E-state index contributed by atoms with van der Waals surface area (Å²) in [5.41, 5.74) is 5.58. The van der Waals surface area contributed by atoms with Crippen LogP contribution >= 0.6 is 0 Å². The smallest absolute Gasteiger partial charge is 0.339 e. The van der Waals surface area contributed by atoms with Gasteiger partial charge in [-0.15, -0.1) is 0 Å². The minimum atomic E-state index is -1.05. The van der Waals surface area contributed by atoms with E-state index in [9.17, 15) is 4.79 Å². The van der Waals surface area contributed by atoms with E-state index in [0.717, 1.165) is 0 Å². The molecule has 0 radical (unpaired) electrons. The van der Waals surface area contributed by atoms with Gasteiger partial charge < -0.3 is 20.3 Å². The molecule has 1 aromatic rings. The van der Waals surface area contributed by atoms with Gasteiger partial charge in [-0.1, -0.05) is 0 Å². The van der Waals surface area contributed by atoms with Gasteiger partial charge in [-0.3, -0.25) is 0 Å². The van der Waals surface area contributed by atoms with Crippen molar-refractivity contribution >= 4 is 11.7 Å². The van der Waals surface area contributed by atoms with E-state index in [4.69, 9.17) is 20.3 Å². The van der Waals surface area contributed by atoms with Crippen LogP contribution in [0.25, 0.3) is 0 Å². The lowest BCUT2D eigenvalue weighted by Gasteiger charge is -2.28. The van der Waals surface area contributed by atoms with Crippen molar-refractivity contribution in [3.63, 3.8) is 0 Å². The van der Waals surface area contributed by atoms with Crippen molar-refractivity contribution in [2.45, 2.75) is 39.4 Å². The van der Waals surface area contributed by atoms with E-state index in [0.29, 0.717) is 12.3 Å². The highest BCUT2D eigenvalue weighted by Crippen LogP contribution is 2.26. The largest absolute Gasteiger partial charge is 0.484 e. The fourth-order valence-electron chi connectivity index (χ4n) is 1.49. The normalized spacial score (nSPS) is 11.6. The van der Waals surface area contributed by atoms with Crippen molar-refractivity contribution in [3.8, 4) is 5.75 Å². The Morgan fingerprint density at radius 2 is 2.05 bits per heavy atom. The third kappa shape index (κ3) is 4.79. The van der Waals surface area contributed by atoms with E-state index in [1.807, 2.05) is 27.7 Å². The Bertz CT molecular complexity index is 455. The molecule has 0 aliphatic rings. The highest BCUT2D eigenvalue weighted by molar-refractivity contribution is 5.91. The topological polar surface area (TPSA) is 81.8 Å². The number of benzene rings is 1. The molecule has 3 N–H and O–H groups in total. The molecule has 0 aromatic heterocycles. The fraction of sp³-hybridized carbons (Fsp3) is 0.500. The van der Waals surface area contributed by atoms with Crippen molar-refractivity contribution < 1.29 is 19.4 Å². The van der Waals surface area contributed by atoms with Gasteiger partial charge >= 0.3 is 5.97 Å².